The van der Waals surface area contributed by atoms with E-state index in [1.807, 2.05) is 60.7 Å². The van der Waals surface area contributed by atoms with Gasteiger partial charge in [0.05, 0.1) is 6.61 Å². The molecule has 2 aliphatic heterocycles. The number of carbonyl (C=O) groups is 5. The Labute approximate surface area is 304 Å². The smallest absolute Gasteiger partial charge is 0.450 e. The summed E-state index contributed by atoms with van der Waals surface area (Å²) in [5.41, 5.74) is 6.99. The molecular weight excluding hydrogens is 723 g/mol. The normalized spacial score (nSPS) is 17.5. The van der Waals surface area contributed by atoms with Gasteiger partial charge in [0, 0.05) is 23.0 Å². The van der Waals surface area contributed by atoms with Gasteiger partial charge in [-0.3, -0.25) is 14.5 Å². The standard InChI is InChI=1S/C33H33N5O10S3/c1-4-44-33(43)47-18(2)46-31(42)26-22(49-3)17-50-30-25(29(41)38(26)30)36-28(40)24(21-16-51-32(34)35-21)37-45-15-23(39)48-27(19-11-7-5-8-12-19)20-13-9-6-10-14-20/h5-14,16,18,25,27,30H,4,15,17H2,1-3H3,(H2,34,35)(H,36,40)/b37-24-/t18?,25?,30-/m1/s1. The monoisotopic (exact) mass is 755 g/mol. The first-order chi connectivity index (χ1) is 24.6. The van der Waals surface area contributed by atoms with Crippen LogP contribution in [0.15, 0.2) is 81.8 Å². The molecule has 15 nitrogen and oxygen atoms in total. The molecule has 3 aromatic rings. The predicted octanol–water partition coefficient (Wildman–Crippen LogP) is 3.82. The fourth-order valence-corrected chi connectivity index (χ4v) is 7.76. The number of hydrogen-bond donors (Lipinski definition) is 2. The number of β-lactam (4-membered cyclic amide) rings is 1. The second-order valence-corrected chi connectivity index (χ2v) is 13.5. The first-order valence-corrected chi connectivity index (χ1v) is 18.5. The molecule has 2 aliphatic rings. The van der Waals surface area contributed by atoms with Gasteiger partial charge in [-0.05, 0) is 24.3 Å². The minimum atomic E-state index is -1.30. The number of aromatic nitrogens is 1. The molecule has 51 heavy (non-hydrogen) atoms. The number of thiazole rings is 1. The summed E-state index contributed by atoms with van der Waals surface area (Å²) in [7, 11) is 0. The summed E-state index contributed by atoms with van der Waals surface area (Å²) in [6, 6.07) is 17.3. The summed E-state index contributed by atoms with van der Waals surface area (Å²) in [4.78, 5) is 76.0. The molecule has 3 atom stereocenters. The molecule has 3 heterocycles. The summed E-state index contributed by atoms with van der Waals surface area (Å²) < 4.78 is 20.6. The first-order valence-electron chi connectivity index (χ1n) is 15.4. The molecule has 2 amide bonds. The van der Waals surface area contributed by atoms with Crippen LogP contribution >= 0.6 is 34.9 Å². The topological polar surface area (TPSA) is 198 Å². The fourth-order valence-electron chi connectivity index (χ4n) is 4.96. The van der Waals surface area contributed by atoms with Crippen LogP contribution in [0.4, 0.5) is 9.93 Å². The van der Waals surface area contributed by atoms with Crippen molar-refractivity contribution in [1.29, 1.82) is 0 Å². The molecule has 0 radical (unpaired) electrons. The number of ether oxygens (including phenoxy) is 4. The number of amides is 2. The van der Waals surface area contributed by atoms with E-state index in [0.29, 0.717) is 10.7 Å². The lowest BCUT2D eigenvalue weighted by Gasteiger charge is -2.49. The summed E-state index contributed by atoms with van der Waals surface area (Å²) in [5, 5.41) is 7.48. The van der Waals surface area contributed by atoms with Gasteiger partial charge in [0.15, 0.2) is 16.9 Å². The molecule has 18 heteroatoms. The van der Waals surface area contributed by atoms with E-state index >= 15 is 0 Å². The van der Waals surface area contributed by atoms with Crippen LogP contribution in [0, 0.1) is 0 Å². The van der Waals surface area contributed by atoms with Gasteiger partial charge in [-0.1, -0.05) is 65.8 Å². The maximum Gasteiger partial charge on any atom is 0.511 e. The Morgan fingerprint density at radius 1 is 1.06 bits per heavy atom. The third-order valence-corrected chi connectivity index (χ3v) is 10.2. The molecule has 3 N–H and O–H groups in total. The van der Waals surface area contributed by atoms with Crippen LogP contribution in [-0.2, 0) is 43.0 Å². The molecule has 5 rings (SSSR count). The largest absolute Gasteiger partial charge is 0.511 e. The molecule has 2 aromatic carbocycles. The number of fused-ring (bicyclic) bond motifs is 1. The van der Waals surface area contributed by atoms with Gasteiger partial charge in [0.1, 0.15) is 22.8 Å². The van der Waals surface area contributed by atoms with Crippen LogP contribution in [0.2, 0.25) is 0 Å². The van der Waals surface area contributed by atoms with Crippen molar-refractivity contribution in [2.45, 2.75) is 37.7 Å². The lowest BCUT2D eigenvalue weighted by atomic mass is 10.0. The van der Waals surface area contributed by atoms with Gasteiger partial charge in [0.25, 0.3) is 11.8 Å². The fraction of sp³-hybridized carbons (Fsp3) is 0.303. The van der Waals surface area contributed by atoms with Gasteiger partial charge < -0.3 is 34.8 Å². The zero-order chi connectivity index (χ0) is 36.5. The number of nitrogens with zero attached hydrogens (tertiary/aromatic N) is 3. The van der Waals surface area contributed by atoms with E-state index in [9.17, 15) is 24.0 Å². The Bertz CT molecular complexity index is 1780. The Kier molecular flexibility index (Phi) is 12.6. The molecule has 0 saturated carbocycles. The van der Waals surface area contributed by atoms with Crippen molar-refractivity contribution in [3.8, 4) is 0 Å². The van der Waals surface area contributed by atoms with Gasteiger partial charge in [-0.2, -0.15) is 0 Å². The minimum Gasteiger partial charge on any atom is -0.450 e. The van der Waals surface area contributed by atoms with Crippen molar-refractivity contribution in [2.24, 2.45) is 5.16 Å². The van der Waals surface area contributed by atoms with Crippen LogP contribution in [0.3, 0.4) is 0 Å². The van der Waals surface area contributed by atoms with Crippen molar-refractivity contribution < 1.29 is 47.8 Å². The first kappa shape index (κ1) is 37.2. The molecular formula is C33H33N5O10S3. The third-order valence-electron chi connectivity index (χ3n) is 7.23. The van der Waals surface area contributed by atoms with Gasteiger partial charge >= 0.3 is 18.1 Å². The highest BCUT2D eigenvalue weighted by Gasteiger charge is 2.55. The van der Waals surface area contributed by atoms with Crippen LogP contribution < -0.4 is 11.1 Å². The Morgan fingerprint density at radius 3 is 2.31 bits per heavy atom. The van der Waals surface area contributed by atoms with Gasteiger partial charge in [-0.15, -0.1) is 34.9 Å². The van der Waals surface area contributed by atoms with Crippen LogP contribution in [0.25, 0.3) is 0 Å². The molecule has 1 fully saturated rings. The van der Waals surface area contributed by atoms with Crippen LogP contribution in [0.5, 0.6) is 0 Å². The second-order valence-electron chi connectivity index (χ2n) is 10.6. The quantitative estimate of drug-likeness (QED) is 0.0601. The summed E-state index contributed by atoms with van der Waals surface area (Å²) in [5.74, 6) is -2.73. The third kappa shape index (κ3) is 9.00. The molecule has 0 aliphatic carbocycles. The summed E-state index contributed by atoms with van der Waals surface area (Å²) in [6.07, 6.45) is -1.28. The highest BCUT2D eigenvalue weighted by atomic mass is 32.2. The summed E-state index contributed by atoms with van der Waals surface area (Å²) in [6.45, 7) is 2.36. The lowest BCUT2D eigenvalue weighted by molar-refractivity contribution is -0.168. The summed E-state index contributed by atoms with van der Waals surface area (Å²) >= 11 is 3.63. The number of benzene rings is 2. The maximum absolute atomic E-state index is 13.6. The number of oxime groups is 1. The van der Waals surface area contributed by atoms with E-state index in [1.54, 1.807) is 13.2 Å². The molecule has 1 saturated heterocycles. The van der Waals surface area contributed by atoms with E-state index in [0.717, 1.165) is 22.5 Å². The van der Waals surface area contributed by atoms with Crippen molar-refractivity contribution in [1.82, 2.24) is 15.2 Å². The van der Waals surface area contributed by atoms with Gasteiger partial charge in [0.2, 0.25) is 12.9 Å². The number of rotatable bonds is 14. The molecule has 1 aromatic heterocycles. The molecule has 0 bridgehead atoms. The van der Waals surface area contributed by atoms with Crippen molar-refractivity contribution in [2.75, 3.05) is 31.0 Å². The number of esters is 2. The highest BCUT2D eigenvalue weighted by Crippen LogP contribution is 2.43. The van der Waals surface area contributed by atoms with E-state index < -0.39 is 60.3 Å². The number of nitrogens with two attached hydrogens (primary N) is 1. The van der Waals surface area contributed by atoms with Crippen molar-refractivity contribution in [3.63, 3.8) is 0 Å². The predicted molar refractivity (Wildman–Crippen MR) is 189 cm³/mol. The zero-order valence-corrected chi connectivity index (χ0v) is 30.0. The average Bonchev–Trinajstić information content (AvgIpc) is 3.56. The number of nitrogen functional groups attached to an aromatic ring is 1. The number of carbonyl (C=O) groups excluding carboxylic acids is 5. The minimum absolute atomic E-state index is 0.0200. The Morgan fingerprint density at radius 2 is 1.73 bits per heavy atom. The lowest BCUT2D eigenvalue weighted by Crippen LogP contribution is -2.71. The maximum atomic E-state index is 13.6. The second kappa shape index (κ2) is 17.2. The van der Waals surface area contributed by atoms with Crippen molar-refractivity contribution in [3.05, 3.63) is 93.5 Å². The zero-order valence-electron chi connectivity index (χ0n) is 27.5. The van der Waals surface area contributed by atoms with E-state index in [-0.39, 0.29) is 28.8 Å². The number of anilines is 1. The van der Waals surface area contributed by atoms with E-state index in [2.05, 4.69) is 15.5 Å². The van der Waals surface area contributed by atoms with Crippen LogP contribution in [0.1, 0.15) is 36.8 Å². The average molecular weight is 756 g/mol. The highest BCUT2D eigenvalue weighted by molar-refractivity contribution is 8.05. The number of thioether (sulfide) groups is 2. The SMILES string of the molecule is CCOC(=O)OC(C)OC(=O)C1=C(SC)CS[C@@H]2C(NC(=O)/C(=N\OCC(=O)OC(c3ccccc3)c3ccccc3)c3csc(N)n3)C(=O)N12. The Balaban J connectivity index is 1.26. The molecule has 0 spiro atoms. The molecule has 268 valence electrons. The number of hydrogen-bond acceptors (Lipinski definition) is 16. The van der Waals surface area contributed by atoms with Crippen LogP contribution in [-0.4, -0.2) is 88.4 Å². The van der Waals surface area contributed by atoms with E-state index in [4.69, 9.17) is 29.5 Å². The van der Waals surface area contributed by atoms with Gasteiger partial charge in [-0.25, -0.2) is 19.4 Å². The molecule has 2 unspecified atom stereocenters. The van der Waals surface area contributed by atoms with Crippen molar-refractivity contribution >= 4 is 75.6 Å². The van der Waals surface area contributed by atoms with E-state index in [1.165, 1.54) is 40.7 Å². The Hall–Kier alpha value is -5.07. The number of nitrogens with one attached hydrogen (secondary N) is 1.